The maximum absolute atomic E-state index is 3.81. The fourth-order valence-corrected chi connectivity index (χ4v) is 3.47. The summed E-state index contributed by atoms with van der Waals surface area (Å²) < 4.78 is 0. The van der Waals surface area contributed by atoms with Gasteiger partial charge in [0.1, 0.15) is 0 Å². The molecule has 2 N–H and O–H groups in total. The van der Waals surface area contributed by atoms with Gasteiger partial charge < -0.3 is 10.6 Å². The summed E-state index contributed by atoms with van der Waals surface area (Å²) in [5.74, 6) is 1.66. The van der Waals surface area contributed by atoms with E-state index in [0.29, 0.717) is 0 Å². The van der Waals surface area contributed by atoms with E-state index in [1.54, 1.807) is 5.57 Å². The molecule has 1 unspecified atom stereocenters. The summed E-state index contributed by atoms with van der Waals surface area (Å²) in [5, 5.41) is 7.25. The molecule has 0 bridgehead atoms. The van der Waals surface area contributed by atoms with E-state index in [4.69, 9.17) is 0 Å². The van der Waals surface area contributed by atoms with Gasteiger partial charge in [0, 0.05) is 6.04 Å². The van der Waals surface area contributed by atoms with E-state index >= 15 is 0 Å². The lowest BCUT2D eigenvalue weighted by Gasteiger charge is -2.23. The molecular formula is C19H28N2. The van der Waals surface area contributed by atoms with E-state index in [0.717, 1.165) is 17.9 Å². The Morgan fingerprint density at radius 2 is 2.00 bits per heavy atom. The smallest absolute Gasteiger partial charge is 0.0140 e. The number of nitrogens with one attached hydrogen (secondary N) is 2. The van der Waals surface area contributed by atoms with Crippen molar-refractivity contribution in [2.45, 2.75) is 38.6 Å². The largest absolute Gasteiger partial charge is 0.317 e. The predicted molar refractivity (Wildman–Crippen MR) is 90.2 cm³/mol. The third-order valence-corrected chi connectivity index (χ3v) is 4.95. The highest BCUT2D eigenvalue weighted by atomic mass is 15.0. The van der Waals surface area contributed by atoms with Crippen molar-refractivity contribution in [3.63, 3.8) is 0 Å². The molecule has 1 saturated heterocycles. The van der Waals surface area contributed by atoms with Crippen LogP contribution in [0.1, 0.15) is 38.2 Å². The van der Waals surface area contributed by atoms with E-state index in [-0.39, 0.29) is 0 Å². The average molecular weight is 284 g/mol. The highest BCUT2D eigenvalue weighted by Crippen LogP contribution is 2.39. The average Bonchev–Trinajstić information content (AvgIpc) is 3.32. The van der Waals surface area contributed by atoms with Crippen molar-refractivity contribution in [2.24, 2.45) is 11.8 Å². The van der Waals surface area contributed by atoms with Crippen molar-refractivity contribution >= 4 is 6.08 Å². The van der Waals surface area contributed by atoms with Gasteiger partial charge in [0.2, 0.25) is 0 Å². The molecule has 2 nitrogen and oxygen atoms in total. The van der Waals surface area contributed by atoms with Crippen molar-refractivity contribution in [3.8, 4) is 0 Å². The minimum Gasteiger partial charge on any atom is -0.317 e. The van der Waals surface area contributed by atoms with Gasteiger partial charge in [-0.05, 0) is 62.7 Å². The maximum atomic E-state index is 3.81. The zero-order valence-corrected chi connectivity index (χ0v) is 13.1. The number of hydrogen-bond acceptors (Lipinski definition) is 2. The third kappa shape index (κ3) is 4.18. The zero-order valence-electron chi connectivity index (χ0n) is 13.1. The van der Waals surface area contributed by atoms with Crippen LogP contribution in [-0.2, 0) is 0 Å². The molecule has 0 radical (unpaired) electrons. The minimum absolute atomic E-state index is 0.731. The highest BCUT2D eigenvalue weighted by Gasteiger charge is 2.38. The molecule has 1 aromatic carbocycles. The molecule has 0 spiro atoms. The van der Waals surface area contributed by atoms with Gasteiger partial charge in [-0.2, -0.15) is 0 Å². The first-order valence-corrected chi connectivity index (χ1v) is 8.56. The summed E-state index contributed by atoms with van der Waals surface area (Å²) in [6.07, 6.45) is 7.58. The molecule has 1 heterocycles. The SMILES string of the molecule is CC/C(=C\c1ccccc1)[C@@H]1CC1NCC1CCNCC1. The quantitative estimate of drug-likeness (QED) is 0.836. The Labute approximate surface area is 129 Å². The number of piperidine rings is 1. The summed E-state index contributed by atoms with van der Waals surface area (Å²) >= 11 is 0. The van der Waals surface area contributed by atoms with Crippen LogP contribution in [-0.4, -0.2) is 25.7 Å². The molecule has 0 aromatic heterocycles. The fraction of sp³-hybridized carbons (Fsp3) is 0.579. The van der Waals surface area contributed by atoms with Crippen molar-refractivity contribution < 1.29 is 0 Å². The van der Waals surface area contributed by atoms with Crippen LogP contribution in [0, 0.1) is 11.8 Å². The van der Waals surface area contributed by atoms with Gasteiger partial charge in [-0.3, -0.25) is 0 Å². The molecule has 0 amide bonds. The van der Waals surface area contributed by atoms with Crippen molar-refractivity contribution in [1.29, 1.82) is 0 Å². The summed E-state index contributed by atoms with van der Waals surface area (Å²) in [5.41, 5.74) is 2.96. The standard InChI is InChI=1S/C19H28N2/c1-2-17(12-15-6-4-3-5-7-15)18-13-19(18)21-14-16-8-10-20-11-9-16/h3-7,12,16,18-21H,2,8-11,13-14H2,1H3/b17-12+/t18-,19?/m0/s1. The summed E-state index contributed by atoms with van der Waals surface area (Å²) in [7, 11) is 0. The summed E-state index contributed by atoms with van der Waals surface area (Å²) in [6.45, 7) is 5.91. The Balaban J connectivity index is 1.49. The monoisotopic (exact) mass is 284 g/mol. The van der Waals surface area contributed by atoms with Gasteiger partial charge in [-0.1, -0.05) is 48.9 Å². The van der Waals surface area contributed by atoms with E-state index < -0.39 is 0 Å². The van der Waals surface area contributed by atoms with Crippen LogP contribution in [0.3, 0.4) is 0 Å². The first-order valence-electron chi connectivity index (χ1n) is 8.56. The first kappa shape index (κ1) is 14.8. The summed E-state index contributed by atoms with van der Waals surface area (Å²) in [4.78, 5) is 0. The van der Waals surface area contributed by atoms with Crippen LogP contribution >= 0.6 is 0 Å². The van der Waals surface area contributed by atoms with Crippen LogP contribution in [0.25, 0.3) is 6.08 Å². The van der Waals surface area contributed by atoms with Crippen LogP contribution in [0.5, 0.6) is 0 Å². The maximum Gasteiger partial charge on any atom is 0.0140 e. The normalized spacial score (nSPS) is 26.8. The van der Waals surface area contributed by atoms with Crippen LogP contribution in [0.15, 0.2) is 35.9 Å². The van der Waals surface area contributed by atoms with E-state index in [1.807, 2.05) is 0 Å². The van der Waals surface area contributed by atoms with Crippen molar-refractivity contribution in [1.82, 2.24) is 10.6 Å². The Morgan fingerprint density at radius 3 is 2.71 bits per heavy atom. The second kappa shape index (κ2) is 7.24. The minimum atomic E-state index is 0.731. The number of benzene rings is 1. The first-order chi connectivity index (χ1) is 10.4. The van der Waals surface area contributed by atoms with E-state index in [2.05, 4.69) is 54.0 Å². The second-order valence-electron chi connectivity index (χ2n) is 6.53. The molecule has 21 heavy (non-hydrogen) atoms. The van der Waals surface area contributed by atoms with Gasteiger partial charge in [-0.25, -0.2) is 0 Å². The lowest BCUT2D eigenvalue weighted by molar-refractivity contribution is 0.354. The third-order valence-electron chi connectivity index (χ3n) is 4.95. The Bertz CT molecular complexity index is 460. The van der Waals surface area contributed by atoms with Gasteiger partial charge >= 0.3 is 0 Å². The van der Waals surface area contributed by atoms with E-state index in [9.17, 15) is 0 Å². The summed E-state index contributed by atoms with van der Waals surface area (Å²) in [6, 6.07) is 11.5. The molecule has 2 aliphatic rings. The Hall–Kier alpha value is -1.12. The molecule has 2 atom stereocenters. The van der Waals surface area contributed by atoms with Crippen molar-refractivity contribution in [2.75, 3.05) is 19.6 Å². The van der Waals surface area contributed by atoms with Crippen LogP contribution in [0.2, 0.25) is 0 Å². The molecule has 1 aromatic rings. The highest BCUT2D eigenvalue weighted by molar-refractivity contribution is 5.54. The van der Waals surface area contributed by atoms with Gasteiger partial charge in [-0.15, -0.1) is 0 Å². The predicted octanol–water partition coefficient (Wildman–Crippen LogP) is 3.46. The second-order valence-corrected chi connectivity index (χ2v) is 6.53. The topological polar surface area (TPSA) is 24.1 Å². The van der Waals surface area contributed by atoms with Gasteiger partial charge in [0.15, 0.2) is 0 Å². The number of rotatable bonds is 6. The molecule has 3 rings (SSSR count). The number of hydrogen-bond donors (Lipinski definition) is 2. The van der Waals surface area contributed by atoms with Crippen LogP contribution in [0.4, 0.5) is 0 Å². The van der Waals surface area contributed by atoms with Gasteiger partial charge in [0.05, 0.1) is 0 Å². The molecule has 2 fully saturated rings. The lowest BCUT2D eigenvalue weighted by atomic mass is 9.98. The molecule has 1 aliphatic heterocycles. The van der Waals surface area contributed by atoms with E-state index in [1.165, 1.54) is 50.9 Å². The zero-order chi connectivity index (χ0) is 14.5. The molecule has 1 saturated carbocycles. The molecular weight excluding hydrogens is 256 g/mol. The van der Waals surface area contributed by atoms with Crippen molar-refractivity contribution in [3.05, 3.63) is 41.5 Å². The molecule has 1 aliphatic carbocycles. The molecule has 2 heteroatoms. The Morgan fingerprint density at radius 1 is 1.24 bits per heavy atom. The lowest BCUT2D eigenvalue weighted by Crippen LogP contribution is -2.34. The Kier molecular flexibility index (Phi) is 5.10. The fourth-order valence-electron chi connectivity index (χ4n) is 3.47. The van der Waals surface area contributed by atoms with Crippen LogP contribution < -0.4 is 10.6 Å². The van der Waals surface area contributed by atoms with Gasteiger partial charge in [0.25, 0.3) is 0 Å². The molecule has 114 valence electrons.